The summed E-state index contributed by atoms with van der Waals surface area (Å²) in [4.78, 5) is 16.0. The number of pyridine rings is 1. The summed E-state index contributed by atoms with van der Waals surface area (Å²) in [6.45, 7) is 1.90. The molecule has 0 saturated heterocycles. The van der Waals surface area contributed by atoms with Crippen molar-refractivity contribution in [3.63, 3.8) is 0 Å². The molecule has 0 aliphatic heterocycles. The van der Waals surface area contributed by atoms with E-state index < -0.39 is 6.04 Å². The van der Waals surface area contributed by atoms with E-state index in [1.54, 1.807) is 36.7 Å². The molecular weight excluding hydrogens is 254 g/mol. The summed E-state index contributed by atoms with van der Waals surface area (Å²) in [5, 5.41) is 11.9. The number of aryl methyl sites for hydroxylation is 1. The van der Waals surface area contributed by atoms with E-state index in [0.717, 1.165) is 11.1 Å². The molecule has 0 spiro atoms. The van der Waals surface area contributed by atoms with Crippen molar-refractivity contribution in [3.05, 3.63) is 53.9 Å². The lowest BCUT2D eigenvalue weighted by atomic mass is 10.1. The van der Waals surface area contributed by atoms with Crippen LogP contribution in [0.5, 0.6) is 5.75 Å². The number of rotatable bonds is 4. The van der Waals surface area contributed by atoms with Crippen LogP contribution in [0.25, 0.3) is 0 Å². The second kappa shape index (κ2) is 6.16. The Bertz CT molecular complexity index is 596. The topological polar surface area (TPSA) is 88.2 Å². The van der Waals surface area contributed by atoms with Crippen LogP contribution in [0.15, 0.2) is 42.7 Å². The molecule has 1 atom stereocenters. The SMILES string of the molecule is Cc1cncc(NC(=O)C(N)Cc2ccc(O)cc2)c1. The molecule has 1 unspecified atom stereocenters. The van der Waals surface area contributed by atoms with Gasteiger partial charge in [0, 0.05) is 6.20 Å². The van der Waals surface area contributed by atoms with Crippen LogP contribution in [0.4, 0.5) is 5.69 Å². The summed E-state index contributed by atoms with van der Waals surface area (Å²) >= 11 is 0. The molecule has 1 heterocycles. The Balaban J connectivity index is 1.96. The monoisotopic (exact) mass is 271 g/mol. The van der Waals surface area contributed by atoms with E-state index in [4.69, 9.17) is 5.73 Å². The molecule has 1 aromatic heterocycles. The zero-order valence-corrected chi connectivity index (χ0v) is 11.2. The van der Waals surface area contributed by atoms with Gasteiger partial charge in [0.05, 0.1) is 17.9 Å². The van der Waals surface area contributed by atoms with Gasteiger partial charge in [-0.2, -0.15) is 0 Å². The van der Waals surface area contributed by atoms with Crippen molar-refractivity contribution in [1.29, 1.82) is 0 Å². The predicted octanol–water partition coefficient (Wildman–Crippen LogP) is 1.60. The fourth-order valence-corrected chi connectivity index (χ4v) is 1.84. The fraction of sp³-hybridized carbons (Fsp3) is 0.200. The van der Waals surface area contributed by atoms with Crippen molar-refractivity contribution in [2.24, 2.45) is 5.73 Å². The van der Waals surface area contributed by atoms with Gasteiger partial charge in [0.1, 0.15) is 5.75 Å². The van der Waals surface area contributed by atoms with Crippen LogP contribution in [-0.2, 0) is 11.2 Å². The van der Waals surface area contributed by atoms with Gasteiger partial charge in [-0.15, -0.1) is 0 Å². The molecule has 0 bridgehead atoms. The number of aromatic hydroxyl groups is 1. The van der Waals surface area contributed by atoms with Crippen LogP contribution in [0.2, 0.25) is 0 Å². The molecule has 0 aliphatic carbocycles. The van der Waals surface area contributed by atoms with Crippen molar-refractivity contribution in [3.8, 4) is 5.75 Å². The summed E-state index contributed by atoms with van der Waals surface area (Å²) in [7, 11) is 0. The van der Waals surface area contributed by atoms with Crippen molar-refractivity contribution in [1.82, 2.24) is 4.98 Å². The fourth-order valence-electron chi connectivity index (χ4n) is 1.84. The molecule has 0 fully saturated rings. The molecule has 20 heavy (non-hydrogen) atoms. The van der Waals surface area contributed by atoms with Crippen molar-refractivity contribution in [2.75, 3.05) is 5.32 Å². The number of hydrogen-bond donors (Lipinski definition) is 3. The van der Waals surface area contributed by atoms with Crippen molar-refractivity contribution in [2.45, 2.75) is 19.4 Å². The van der Waals surface area contributed by atoms with Gasteiger partial charge >= 0.3 is 0 Å². The van der Waals surface area contributed by atoms with Crippen LogP contribution in [0.3, 0.4) is 0 Å². The molecule has 2 aromatic rings. The van der Waals surface area contributed by atoms with E-state index in [2.05, 4.69) is 10.3 Å². The first-order valence-electron chi connectivity index (χ1n) is 6.30. The first-order chi connectivity index (χ1) is 9.54. The average Bonchev–Trinajstić information content (AvgIpc) is 2.41. The first kappa shape index (κ1) is 14.0. The molecule has 4 N–H and O–H groups in total. The third-order valence-electron chi connectivity index (χ3n) is 2.87. The molecular formula is C15H17N3O2. The zero-order valence-electron chi connectivity index (χ0n) is 11.2. The third-order valence-corrected chi connectivity index (χ3v) is 2.87. The Labute approximate surface area is 117 Å². The lowest BCUT2D eigenvalue weighted by Gasteiger charge is -2.12. The summed E-state index contributed by atoms with van der Waals surface area (Å²) in [6, 6.07) is 7.82. The Kier molecular flexibility index (Phi) is 4.32. The van der Waals surface area contributed by atoms with Gasteiger partial charge in [-0.3, -0.25) is 9.78 Å². The quantitative estimate of drug-likeness (QED) is 0.788. The van der Waals surface area contributed by atoms with E-state index in [9.17, 15) is 9.90 Å². The molecule has 1 amide bonds. The normalized spacial score (nSPS) is 11.9. The highest BCUT2D eigenvalue weighted by atomic mass is 16.3. The molecule has 5 heteroatoms. The van der Waals surface area contributed by atoms with Gasteiger partial charge < -0.3 is 16.2 Å². The number of benzene rings is 1. The molecule has 0 aliphatic rings. The van der Waals surface area contributed by atoms with E-state index in [1.807, 2.05) is 13.0 Å². The summed E-state index contributed by atoms with van der Waals surface area (Å²) < 4.78 is 0. The minimum atomic E-state index is -0.653. The number of carbonyl (C=O) groups excluding carboxylic acids is 1. The number of anilines is 1. The summed E-state index contributed by atoms with van der Waals surface area (Å²) in [6.07, 6.45) is 3.70. The number of phenols is 1. The van der Waals surface area contributed by atoms with E-state index in [0.29, 0.717) is 12.1 Å². The standard InChI is InChI=1S/C15H17N3O2/c1-10-6-12(9-17-8-10)18-15(20)14(16)7-11-2-4-13(19)5-3-11/h2-6,8-9,14,19H,7,16H2,1H3,(H,18,20). The number of aromatic nitrogens is 1. The number of phenolic OH excluding ortho intramolecular Hbond substituents is 1. The van der Waals surface area contributed by atoms with Crippen LogP contribution in [-0.4, -0.2) is 22.0 Å². The number of carbonyl (C=O) groups is 1. The van der Waals surface area contributed by atoms with E-state index >= 15 is 0 Å². The van der Waals surface area contributed by atoms with Gasteiger partial charge in [-0.25, -0.2) is 0 Å². The highest BCUT2D eigenvalue weighted by molar-refractivity contribution is 5.94. The second-order valence-corrected chi connectivity index (χ2v) is 4.72. The number of nitrogens with two attached hydrogens (primary N) is 1. The summed E-state index contributed by atoms with van der Waals surface area (Å²) in [5.74, 6) is -0.0666. The Hall–Kier alpha value is -2.40. The number of nitrogens with zero attached hydrogens (tertiary/aromatic N) is 1. The molecule has 104 valence electrons. The van der Waals surface area contributed by atoms with Gasteiger partial charge in [-0.05, 0) is 42.7 Å². The maximum absolute atomic E-state index is 12.0. The third kappa shape index (κ3) is 3.80. The highest BCUT2D eigenvalue weighted by Gasteiger charge is 2.14. The Morgan fingerprint density at radius 2 is 2.05 bits per heavy atom. The first-order valence-corrected chi connectivity index (χ1v) is 6.30. The Morgan fingerprint density at radius 3 is 2.70 bits per heavy atom. The largest absolute Gasteiger partial charge is 0.508 e. The molecule has 1 aromatic carbocycles. The van der Waals surface area contributed by atoms with Crippen LogP contribution >= 0.6 is 0 Å². The molecule has 2 rings (SSSR count). The van der Waals surface area contributed by atoms with Crippen LogP contribution in [0.1, 0.15) is 11.1 Å². The number of amides is 1. The van der Waals surface area contributed by atoms with Crippen LogP contribution < -0.4 is 11.1 Å². The molecule has 0 radical (unpaired) electrons. The predicted molar refractivity (Wildman–Crippen MR) is 77.4 cm³/mol. The summed E-state index contributed by atoms with van der Waals surface area (Å²) in [5.41, 5.74) is 8.38. The minimum Gasteiger partial charge on any atom is -0.508 e. The number of nitrogens with one attached hydrogen (secondary N) is 1. The van der Waals surface area contributed by atoms with E-state index in [1.165, 1.54) is 0 Å². The average molecular weight is 271 g/mol. The van der Waals surface area contributed by atoms with Gasteiger partial charge in [-0.1, -0.05) is 12.1 Å². The maximum Gasteiger partial charge on any atom is 0.241 e. The Morgan fingerprint density at radius 1 is 1.35 bits per heavy atom. The van der Waals surface area contributed by atoms with Crippen molar-refractivity contribution < 1.29 is 9.90 Å². The smallest absolute Gasteiger partial charge is 0.241 e. The van der Waals surface area contributed by atoms with Gasteiger partial charge in [0.25, 0.3) is 0 Å². The van der Waals surface area contributed by atoms with Crippen LogP contribution in [0, 0.1) is 6.92 Å². The number of hydrogen-bond acceptors (Lipinski definition) is 4. The highest BCUT2D eigenvalue weighted by Crippen LogP contribution is 2.12. The van der Waals surface area contributed by atoms with Crippen molar-refractivity contribution >= 4 is 11.6 Å². The molecule has 5 nitrogen and oxygen atoms in total. The van der Waals surface area contributed by atoms with Gasteiger partial charge in [0.15, 0.2) is 0 Å². The van der Waals surface area contributed by atoms with Gasteiger partial charge in [0.2, 0.25) is 5.91 Å². The maximum atomic E-state index is 12.0. The molecule has 0 saturated carbocycles. The lowest BCUT2D eigenvalue weighted by molar-refractivity contribution is -0.117. The zero-order chi connectivity index (χ0) is 14.5. The minimum absolute atomic E-state index is 0.192. The second-order valence-electron chi connectivity index (χ2n) is 4.72. The lowest BCUT2D eigenvalue weighted by Crippen LogP contribution is -2.37. The van der Waals surface area contributed by atoms with E-state index in [-0.39, 0.29) is 11.7 Å².